The number of nitrogens with one attached hydrogen (secondary N) is 1. The highest BCUT2D eigenvalue weighted by Gasteiger charge is 2.05. The fourth-order valence-corrected chi connectivity index (χ4v) is 1.76. The van der Waals surface area contributed by atoms with Gasteiger partial charge in [0.05, 0.1) is 0 Å². The van der Waals surface area contributed by atoms with Gasteiger partial charge < -0.3 is 15.0 Å². The van der Waals surface area contributed by atoms with Crippen molar-refractivity contribution in [2.24, 2.45) is 0 Å². The summed E-state index contributed by atoms with van der Waals surface area (Å²) in [4.78, 5) is 6.57. The Hall–Kier alpha value is -1.13. The molecule has 1 atom stereocenters. The molecule has 1 N–H and O–H groups in total. The summed E-state index contributed by atoms with van der Waals surface area (Å²) in [6.07, 6.45) is 1.80. The standard InChI is InChI=1S/C14H25N3O/c1-5-17(6-2)9-10-18-14-11-13(7-8-16-14)12(3)15-4/h7-8,11-12,15H,5-6,9-10H2,1-4H3. The van der Waals surface area contributed by atoms with E-state index in [0.29, 0.717) is 18.5 Å². The van der Waals surface area contributed by atoms with E-state index in [1.54, 1.807) is 6.20 Å². The van der Waals surface area contributed by atoms with Crippen molar-refractivity contribution < 1.29 is 4.74 Å². The van der Waals surface area contributed by atoms with Gasteiger partial charge >= 0.3 is 0 Å². The SMILES string of the molecule is CCN(CC)CCOc1cc(C(C)NC)ccn1. The first-order valence-electron chi connectivity index (χ1n) is 6.69. The lowest BCUT2D eigenvalue weighted by Gasteiger charge is -2.18. The summed E-state index contributed by atoms with van der Waals surface area (Å²) in [6.45, 7) is 10.2. The smallest absolute Gasteiger partial charge is 0.213 e. The van der Waals surface area contributed by atoms with Crippen molar-refractivity contribution in [1.29, 1.82) is 0 Å². The van der Waals surface area contributed by atoms with Crippen LogP contribution >= 0.6 is 0 Å². The molecule has 0 aliphatic rings. The van der Waals surface area contributed by atoms with Gasteiger partial charge in [-0.25, -0.2) is 4.98 Å². The van der Waals surface area contributed by atoms with E-state index >= 15 is 0 Å². The third-order valence-corrected chi connectivity index (χ3v) is 3.24. The van der Waals surface area contributed by atoms with E-state index in [1.165, 1.54) is 5.56 Å². The Kier molecular flexibility index (Phi) is 6.68. The van der Waals surface area contributed by atoms with Gasteiger partial charge in [0, 0.05) is 24.8 Å². The summed E-state index contributed by atoms with van der Waals surface area (Å²) >= 11 is 0. The maximum atomic E-state index is 5.69. The minimum Gasteiger partial charge on any atom is -0.476 e. The molecule has 0 spiro atoms. The Balaban J connectivity index is 2.47. The normalized spacial score (nSPS) is 12.7. The molecule has 18 heavy (non-hydrogen) atoms. The predicted octanol–water partition coefficient (Wildman–Crippen LogP) is 2.08. The van der Waals surface area contributed by atoms with Crippen molar-refractivity contribution in [3.63, 3.8) is 0 Å². The summed E-state index contributed by atoms with van der Waals surface area (Å²) in [7, 11) is 1.95. The second-order valence-corrected chi connectivity index (χ2v) is 4.31. The summed E-state index contributed by atoms with van der Waals surface area (Å²) in [5.74, 6) is 0.710. The van der Waals surface area contributed by atoms with Gasteiger partial charge in [0.25, 0.3) is 0 Å². The highest BCUT2D eigenvalue weighted by molar-refractivity contribution is 5.23. The van der Waals surface area contributed by atoms with E-state index in [9.17, 15) is 0 Å². The summed E-state index contributed by atoms with van der Waals surface area (Å²) in [6, 6.07) is 4.33. The lowest BCUT2D eigenvalue weighted by molar-refractivity contribution is 0.217. The molecule has 0 aliphatic carbocycles. The number of ether oxygens (including phenoxy) is 1. The predicted molar refractivity (Wildman–Crippen MR) is 75.0 cm³/mol. The Morgan fingerprint density at radius 2 is 2.11 bits per heavy atom. The molecule has 4 nitrogen and oxygen atoms in total. The van der Waals surface area contributed by atoms with Crippen LogP contribution in [0.3, 0.4) is 0 Å². The summed E-state index contributed by atoms with van der Waals surface area (Å²) < 4.78 is 5.69. The van der Waals surface area contributed by atoms with Gasteiger partial charge in [0.2, 0.25) is 5.88 Å². The van der Waals surface area contributed by atoms with E-state index < -0.39 is 0 Å². The van der Waals surface area contributed by atoms with Crippen molar-refractivity contribution in [3.05, 3.63) is 23.9 Å². The monoisotopic (exact) mass is 251 g/mol. The molecule has 0 radical (unpaired) electrons. The molecule has 0 fully saturated rings. The molecule has 1 rings (SSSR count). The largest absolute Gasteiger partial charge is 0.476 e. The molecule has 0 aliphatic heterocycles. The fraction of sp³-hybridized carbons (Fsp3) is 0.643. The lowest BCUT2D eigenvalue weighted by atomic mass is 10.1. The molecule has 0 aromatic carbocycles. The van der Waals surface area contributed by atoms with Crippen LogP contribution < -0.4 is 10.1 Å². The molecule has 0 saturated carbocycles. The van der Waals surface area contributed by atoms with Gasteiger partial charge in [-0.1, -0.05) is 13.8 Å². The van der Waals surface area contributed by atoms with Gasteiger partial charge in [-0.05, 0) is 38.7 Å². The zero-order valence-corrected chi connectivity index (χ0v) is 11.9. The van der Waals surface area contributed by atoms with Crippen molar-refractivity contribution in [2.45, 2.75) is 26.8 Å². The van der Waals surface area contributed by atoms with Crippen LogP contribution in [0.4, 0.5) is 0 Å². The minimum atomic E-state index is 0.318. The molecule has 1 unspecified atom stereocenters. The Morgan fingerprint density at radius 3 is 2.72 bits per heavy atom. The lowest BCUT2D eigenvalue weighted by Crippen LogP contribution is -2.28. The third kappa shape index (κ3) is 4.63. The van der Waals surface area contributed by atoms with Crippen LogP contribution in [0.2, 0.25) is 0 Å². The molecule has 1 aromatic rings. The second kappa shape index (κ2) is 8.06. The first kappa shape index (κ1) is 14.9. The van der Waals surface area contributed by atoms with Crippen LogP contribution in [-0.4, -0.2) is 43.2 Å². The molecule has 0 saturated heterocycles. The van der Waals surface area contributed by atoms with Gasteiger partial charge in [0.1, 0.15) is 6.61 Å². The first-order chi connectivity index (χ1) is 8.71. The highest BCUT2D eigenvalue weighted by atomic mass is 16.5. The maximum Gasteiger partial charge on any atom is 0.213 e. The number of rotatable bonds is 8. The molecule has 102 valence electrons. The third-order valence-electron chi connectivity index (χ3n) is 3.24. The van der Waals surface area contributed by atoms with E-state index in [-0.39, 0.29) is 0 Å². The molecule has 1 aromatic heterocycles. The molecule has 0 amide bonds. The number of likely N-dealkylation sites (N-methyl/N-ethyl adjacent to an activating group) is 1. The van der Waals surface area contributed by atoms with Crippen LogP contribution in [0.15, 0.2) is 18.3 Å². The number of hydrogen-bond acceptors (Lipinski definition) is 4. The Bertz CT molecular complexity index is 340. The van der Waals surface area contributed by atoms with Crippen LogP contribution in [-0.2, 0) is 0 Å². The minimum absolute atomic E-state index is 0.318. The molecular formula is C14H25N3O. The zero-order chi connectivity index (χ0) is 13.4. The van der Waals surface area contributed by atoms with E-state index in [4.69, 9.17) is 4.74 Å². The molecule has 0 bridgehead atoms. The van der Waals surface area contributed by atoms with Crippen LogP contribution in [0, 0.1) is 0 Å². The van der Waals surface area contributed by atoms with Gasteiger partial charge in [-0.3, -0.25) is 0 Å². The van der Waals surface area contributed by atoms with Gasteiger partial charge in [0.15, 0.2) is 0 Å². The summed E-state index contributed by atoms with van der Waals surface area (Å²) in [5.41, 5.74) is 1.20. The number of hydrogen-bond donors (Lipinski definition) is 1. The maximum absolute atomic E-state index is 5.69. The van der Waals surface area contributed by atoms with Crippen LogP contribution in [0.1, 0.15) is 32.4 Å². The van der Waals surface area contributed by atoms with Crippen molar-refractivity contribution >= 4 is 0 Å². The van der Waals surface area contributed by atoms with Crippen molar-refractivity contribution in [2.75, 3.05) is 33.3 Å². The van der Waals surface area contributed by atoms with E-state index in [0.717, 1.165) is 19.6 Å². The fourth-order valence-electron chi connectivity index (χ4n) is 1.76. The average Bonchev–Trinajstić information content (AvgIpc) is 2.43. The van der Waals surface area contributed by atoms with Gasteiger partial charge in [-0.2, -0.15) is 0 Å². The van der Waals surface area contributed by atoms with Crippen LogP contribution in [0.25, 0.3) is 0 Å². The Morgan fingerprint density at radius 1 is 1.39 bits per heavy atom. The first-order valence-corrected chi connectivity index (χ1v) is 6.69. The van der Waals surface area contributed by atoms with E-state index in [2.05, 4.69) is 36.0 Å². The average molecular weight is 251 g/mol. The molecular weight excluding hydrogens is 226 g/mol. The summed E-state index contributed by atoms with van der Waals surface area (Å²) in [5, 5.41) is 3.21. The second-order valence-electron chi connectivity index (χ2n) is 4.31. The quantitative estimate of drug-likeness (QED) is 0.767. The topological polar surface area (TPSA) is 37.4 Å². The molecule has 1 heterocycles. The van der Waals surface area contributed by atoms with Crippen LogP contribution in [0.5, 0.6) is 5.88 Å². The number of pyridine rings is 1. The Labute approximate surface area is 110 Å². The van der Waals surface area contributed by atoms with Crippen molar-refractivity contribution in [1.82, 2.24) is 15.2 Å². The van der Waals surface area contributed by atoms with Crippen molar-refractivity contribution in [3.8, 4) is 5.88 Å². The van der Waals surface area contributed by atoms with Gasteiger partial charge in [-0.15, -0.1) is 0 Å². The number of aromatic nitrogens is 1. The zero-order valence-electron chi connectivity index (χ0n) is 11.9. The molecule has 4 heteroatoms. The van der Waals surface area contributed by atoms with E-state index in [1.807, 2.05) is 19.2 Å². The number of nitrogens with zero attached hydrogens (tertiary/aromatic N) is 2. The highest BCUT2D eigenvalue weighted by Crippen LogP contribution is 2.15.